The van der Waals surface area contributed by atoms with E-state index in [1.807, 2.05) is 6.07 Å². The van der Waals surface area contributed by atoms with Crippen molar-refractivity contribution in [2.24, 2.45) is 5.41 Å². The van der Waals surface area contributed by atoms with Crippen molar-refractivity contribution in [3.8, 4) is 0 Å². The minimum atomic E-state index is -0.253. The van der Waals surface area contributed by atoms with Gasteiger partial charge in [0.05, 0.1) is 5.56 Å². The van der Waals surface area contributed by atoms with E-state index in [-0.39, 0.29) is 11.3 Å². The summed E-state index contributed by atoms with van der Waals surface area (Å²) in [5, 5.41) is 9.78. The molecule has 0 saturated carbocycles. The quantitative estimate of drug-likeness (QED) is 0.751. The summed E-state index contributed by atoms with van der Waals surface area (Å²) < 4.78 is 0. The summed E-state index contributed by atoms with van der Waals surface area (Å²) in [6, 6.07) is 8.81. The molecule has 5 nitrogen and oxygen atoms in total. The van der Waals surface area contributed by atoms with Crippen LogP contribution >= 0.6 is 0 Å². The zero-order valence-corrected chi connectivity index (χ0v) is 12.0. The van der Waals surface area contributed by atoms with Crippen molar-refractivity contribution in [1.82, 2.24) is 10.2 Å². The van der Waals surface area contributed by atoms with Crippen LogP contribution in [0.4, 0.5) is 11.5 Å². The van der Waals surface area contributed by atoms with Crippen molar-refractivity contribution < 1.29 is 4.79 Å². The Labute approximate surface area is 118 Å². The second-order valence-electron chi connectivity index (χ2n) is 6.06. The molecule has 0 aliphatic rings. The number of nitrogens with two attached hydrogens (primary N) is 1. The molecule has 1 heterocycles. The maximum Gasteiger partial charge on any atom is 0.258 e. The Kier molecular flexibility index (Phi) is 3.79. The molecule has 0 saturated heterocycles. The maximum atomic E-state index is 12.1. The number of nitrogen functional groups attached to an aromatic ring is 1. The first kappa shape index (κ1) is 14.1. The van der Waals surface area contributed by atoms with Crippen molar-refractivity contribution in [2.45, 2.75) is 27.2 Å². The van der Waals surface area contributed by atoms with Crippen LogP contribution in [0, 0.1) is 5.41 Å². The first-order valence-corrected chi connectivity index (χ1v) is 6.55. The normalized spacial score (nSPS) is 11.3. The van der Waals surface area contributed by atoms with Gasteiger partial charge in [0.1, 0.15) is 0 Å². The number of benzene rings is 1. The van der Waals surface area contributed by atoms with Crippen molar-refractivity contribution in [3.63, 3.8) is 0 Å². The molecule has 2 rings (SSSR count). The fraction of sp³-hybridized carbons (Fsp3) is 0.333. The Balaban J connectivity index is 2.08. The summed E-state index contributed by atoms with van der Waals surface area (Å²) in [5.74, 6) is 0.259. The number of hydrogen-bond acceptors (Lipinski definition) is 3. The van der Waals surface area contributed by atoms with Crippen molar-refractivity contribution >= 4 is 17.4 Å². The van der Waals surface area contributed by atoms with Crippen LogP contribution in [0.1, 0.15) is 36.8 Å². The molecule has 4 N–H and O–H groups in total. The van der Waals surface area contributed by atoms with Crippen LogP contribution < -0.4 is 11.1 Å². The molecule has 0 atom stereocenters. The molecule has 106 valence electrons. The van der Waals surface area contributed by atoms with Crippen LogP contribution in [0.2, 0.25) is 0 Å². The number of amides is 1. The van der Waals surface area contributed by atoms with Crippen LogP contribution in [0.15, 0.2) is 30.3 Å². The van der Waals surface area contributed by atoms with Crippen LogP contribution in [-0.2, 0) is 6.42 Å². The molecule has 0 fully saturated rings. The lowest BCUT2D eigenvalue weighted by Gasteiger charge is -2.15. The van der Waals surface area contributed by atoms with Gasteiger partial charge in [-0.05, 0) is 24.0 Å². The maximum absolute atomic E-state index is 12.1. The molecule has 20 heavy (non-hydrogen) atoms. The summed E-state index contributed by atoms with van der Waals surface area (Å²) in [5.41, 5.74) is 7.84. The van der Waals surface area contributed by atoms with E-state index in [0.29, 0.717) is 17.1 Å². The highest BCUT2D eigenvalue weighted by molar-refractivity contribution is 6.07. The van der Waals surface area contributed by atoms with Gasteiger partial charge >= 0.3 is 0 Å². The number of H-pyrrole nitrogens is 1. The number of rotatable bonds is 3. The van der Waals surface area contributed by atoms with E-state index >= 15 is 0 Å². The van der Waals surface area contributed by atoms with E-state index in [1.165, 1.54) is 0 Å². The first-order chi connectivity index (χ1) is 9.35. The van der Waals surface area contributed by atoms with E-state index in [0.717, 1.165) is 12.1 Å². The van der Waals surface area contributed by atoms with Crippen LogP contribution in [0.3, 0.4) is 0 Å². The number of hydrogen-bond donors (Lipinski definition) is 3. The van der Waals surface area contributed by atoms with Gasteiger partial charge in [-0.3, -0.25) is 9.89 Å². The average molecular weight is 272 g/mol. The topological polar surface area (TPSA) is 83.8 Å². The number of carbonyl (C=O) groups is 1. The van der Waals surface area contributed by atoms with E-state index in [4.69, 9.17) is 5.73 Å². The van der Waals surface area contributed by atoms with Crippen molar-refractivity contribution in [1.29, 1.82) is 0 Å². The Bertz CT molecular complexity index is 610. The molecule has 0 aliphatic heterocycles. The lowest BCUT2D eigenvalue weighted by molar-refractivity contribution is 0.102. The van der Waals surface area contributed by atoms with Crippen LogP contribution in [0.25, 0.3) is 0 Å². The molecular weight excluding hydrogens is 252 g/mol. The van der Waals surface area contributed by atoms with Gasteiger partial charge in [-0.25, -0.2) is 0 Å². The largest absolute Gasteiger partial charge is 0.398 e. The van der Waals surface area contributed by atoms with E-state index in [9.17, 15) is 4.79 Å². The lowest BCUT2D eigenvalue weighted by Crippen LogP contribution is -2.14. The lowest BCUT2D eigenvalue weighted by atomic mass is 9.91. The molecule has 1 aromatic heterocycles. The molecule has 0 bridgehead atoms. The first-order valence-electron chi connectivity index (χ1n) is 6.55. The fourth-order valence-electron chi connectivity index (χ4n) is 1.98. The van der Waals surface area contributed by atoms with Gasteiger partial charge in [-0.15, -0.1) is 0 Å². The summed E-state index contributed by atoms with van der Waals surface area (Å²) in [6.07, 6.45) is 0.864. The Morgan fingerprint density at radius 1 is 1.35 bits per heavy atom. The Hall–Kier alpha value is -2.30. The van der Waals surface area contributed by atoms with Gasteiger partial charge in [0, 0.05) is 17.4 Å². The highest BCUT2D eigenvalue weighted by Gasteiger charge is 2.15. The van der Waals surface area contributed by atoms with Crippen molar-refractivity contribution in [2.75, 3.05) is 11.1 Å². The van der Waals surface area contributed by atoms with Crippen LogP contribution in [0.5, 0.6) is 0 Å². The number of nitrogens with one attached hydrogen (secondary N) is 2. The molecule has 0 unspecified atom stereocenters. The van der Waals surface area contributed by atoms with E-state index < -0.39 is 0 Å². The van der Waals surface area contributed by atoms with E-state index in [1.54, 1.807) is 24.3 Å². The highest BCUT2D eigenvalue weighted by atomic mass is 16.1. The molecule has 5 heteroatoms. The third-order valence-electron chi connectivity index (χ3n) is 2.80. The molecule has 1 aromatic carbocycles. The SMILES string of the molecule is CC(C)(C)Cc1cc(NC(=O)c2ccccc2N)n[nH]1. The van der Waals surface area contributed by atoms with Gasteiger partial charge < -0.3 is 11.1 Å². The predicted molar refractivity (Wildman–Crippen MR) is 80.6 cm³/mol. The molecular formula is C15H20N4O. The minimum absolute atomic E-state index is 0.164. The summed E-state index contributed by atoms with van der Waals surface area (Å²) in [6.45, 7) is 6.45. The van der Waals surface area contributed by atoms with Gasteiger partial charge in [0.15, 0.2) is 5.82 Å². The Morgan fingerprint density at radius 2 is 2.05 bits per heavy atom. The zero-order chi connectivity index (χ0) is 14.8. The number of aromatic amines is 1. The monoisotopic (exact) mass is 272 g/mol. The summed E-state index contributed by atoms with van der Waals surface area (Å²) in [7, 11) is 0. The third-order valence-corrected chi connectivity index (χ3v) is 2.80. The number of para-hydroxylation sites is 1. The van der Waals surface area contributed by atoms with Crippen LogP contribution in [-0.4, -0.2) is 16.1 Å². The number of nitrogens with zero attached hydrogens (tertiary/aromatic N) is 1. The number of aromatic nitrogens is 2. The third kappa shape index (κ3) is 3.60. The second kappa shape index (κ2) is 5.36. The summed E-state index contributed by atoms with van der Waals surface area (Å²) in [4.78, 5) is 12.1. The van der Waals surface area contributed by atoms with Gasteiger partial charge in [0.25, 0.3) is 5.91 Å². The van der Waals surface area contributed by atoms with Gasteiger partial charge in [-0.2, -0.15) is 5.10 Å². The molecule has 0 radical (unpaired) electrons. The molecule has 0 spiro atoms. The second-order valence-corrected chi connectivity index (χ2v) is 6.06. The average Bonchev–Trinajstić information content (AvgIpc) is 2.74. The minimum Gasteiger partial charge on any atom is -0.398 e. The summed E-state index contributed by atoms with van der Waals surface area (Å²) >= 11 is 0. The van der Waals surface area contributed by atoms with E-state index in [2.05, 4.69) is 36.3 Å². The standard InChI is InChI=1S/C15H20N4O/c1-15(2,3)9-10-8-13(19-18-10)17-14(20)11-6-4-5-7-12(11)16/h4-8H,9,16H2,1-3H3,(H2,17,18,19,20). The number of anilines is 2. The van der Waals surface area contributed by atoms with Crippen molar-refractivity contribution in [3.05, 3.63) is 41.6 Å². The molecule has 1 amide bonds. The van der Waals surface area contributed by atoms with Gasteiger partial charge in [0.2, 0.25) is 0 Å². The number of carbonyl (C=O) groups excluding carboxylic acids is 1. The van der Waals surface area contributed by atoms with Gasteiger partial charge in [-0.1, -0.05) is 32.9 Å². The zero-order valence-electron chi connectivity index (χ0n) is 12.0. The predicted octanol–water partition coefficient (Wildman–Crippen LogP) is 2.83. The molecule has 2 aromatic rings. The smallest absolute Gasteiger partial charge is 0.258 e. The molecule has 0 aliphatic carbocycles. The highest BCUT2D eigenvalue weighted by Crippen LogP contribution is 2.21. The Morgan fingerprint density at radius 3 is 2.70 bits per heavy atom. The fourth-order valence-corrected chi connectivity index (χ4v) is 1.98.